The molecule has 1 aromatic heterocycles. The van der Waals surface area contributed by atoms with Crippen LogP contribution in [0.5, 0.6) is 5.95 Å². The van der Waals surface area contributed by atoms with E-state index in [1.807, 2.05) is 6.92 Å². The number of ether oxygens (including phenoxy) is 1. The number of hydrogen-bond donors (Lipinski definition) is 0. The van der Waals surface area contributed by atoms with Gasteiger partial charge in [-0.05, 0) is 6.42 Å². The van der Waals surface area contributed by atoms with Crippen LogP contribution < -0.4 is 4.74 Å². The molecule has 0 saturated carbocycles. The van der Waals surface area contributed by atoms with Crippen molar-refractivity contribution in [3.63, 3.8) is 0 Å². The van der Waals surface area contributed by atoms with Gasteiger partial charge in [0.2, 0.25) is 0 Å². The van der Waals surface area contributed by atoms with Crippen molar-refractivity contribution < 1.29 is 13.9 Å². The molecule has 0 aliphatic heterocycles. The first-order valence-electron chi connectivity index (χ1n) is 3.42. The second-order valence-electron chi connectivity index (χ2n) is 2.04. The minimum Gasteiger partial charge on any atom is -0.413 e. The molecule has 0 aliphatic rings. The van der Waals surface area contributed by atoms with Gasteiger partial charge < -0.3 is 9.15 Å². The van der Waals surface area contributed by atoms with Crippen molar-refractivity contribution in [1.82, 2.24) is 4.98 Å². The average molecular weight is 155 g/mol. The van der Waals surface area contributed by atoms with Crippen LogP contribution in [-0.2, 0) is 4.79 Å². The smallest absolute Gasteiger partial charge is 0.313 e. The molecular formula is C7H9NO3. The number of carbonyl (C=O) groups is 1. The molecule has 0 atom stereocenters. The number of oxazole rings is 1. The quantitative estimate of drug-likeness (QED) is 0.619. The molecule has 0 aromatic carbocycles. The van der Waals surface area contributed by atoms with Gasteiger partial charge in [0.05, 0.1) is 0 Å². The fourth-order valence-electron chi connectivity index (χ4n) is 0.622. The maximum Gasteiger partial charge on any atom is 0.313 e. The lowest BCUT2D eigenvalue weighted by atomic mass is 10.3. The summed E-state index contributed by atoms with van der Waals surface area (Å²) < 4.78 is 9.42. The molecule has 4 heteroatoms. The molecule has 4 nitrogen and oxygen atoms in total. The SMILES string of the molecule is CCCC(=O)Oc1cnco1. The van der Waals surface area contributed by atoms with Crippen LogP contribution in [0.3, 0.4) is 0 Å². The maximum atomic E-state index is 10.8. The predicted octanol–water partition coefficient (Wildman–Crippen LogP) is 1.38. The molecule has 0 spiro atoms. The molecular weight excluding hydrogens is 146 g/mol. The third-order valence-corrected chi connectivity index (χ3v) is 1.08. The van der Waals surface area contributed by atoms with Crippen molar-refractivity contribution in [2.75, 3.05) is 0 Å². The van der Waals surface area contributed by atoms with Crippen molar-refractivity contribution in [1.29, 1.82) is 0 Å². The Hall–Kier alpha value is -1.32. The van der Waals surface area contributed by atoms with Crippen molar-refractivity contribution in [2.45, 2.75) is 19.8 Å². The van der Waals surface area contributed by atoms with E-state index in [1.54, 1.807) is 0 Å². The van der Waals surface area contributed by atoms with Crippen LogP contribution in [0.15, 0.2) is 17.0 Å². The number of aromatic nitrogens is 1. The highest BCUT2D eigenvalue weighted by Gasteiger charge is 2.04. The van der Waals surface area contributed by atoms with Crippen LogP contribution >= 0.6 is 0 Å². The summed E-state index contributed by atoms with van der Waals surface area (Å²) >= 11 is 0. The van der Waals surface area contributed by atoms with E-state index in [2.05, 4.69) is 4.98 Å². The average Bonchev–Trinajstić information content (AvgIpc) is 2.40. The fourth-order valence-corrected chi connectivity index (χ4v) is 0.622. The highest BCUT2D eigenvalue weighted by atomic mass is 16.6. The first-order valence-corrected chi connectivity index (χ1v) is 3.42. The summed E-state index contributed by atoms with van der Waals surface area (Å²) in [5.74, 6) is -0.132. The van der Waals surface area contributed by atoms with Crippen molar-refractivity contribution in [3.05, 3.63) is 12.6 Å². The molecule has 0 unspecified atom stereocenters. The normalized spacial score (nSPS) is 9.55. The van der Waals surface area contributed by atoms with E-state index >= 15 is 0 Å². The molecule has 1 rings (SSSR count). The standard InChI is InChI=1S/C7H9NO3/c1-2-3-6(9)11-7-4-8-5-10-7/h4-5H,2-3H2,1H3. The third kappa shape index (κ3) is 2.41. The molecule has 0 bridgehead atoms. The van der Waals surface area contributed by atoms with Gasteiger partial charge in [0, 0.05) is 6.42 Å². The van der Waals surface area contributed by atoms with E-state index in [-0.39, 0.29) is 11.9 Å². The molecule has 0 fully saturated rings. The first-order chi connectivity index (χ1) is 5.33. The van der Waals surface area contributed by atoms with Gasteiger partial charge in [-0.15, -0.1) is 0 Å². The van der Waals surface area contributed by atoms with Crippen LogP contribution in [0.25, 0.3) is 0 Å². The third-order valence-electron chi connectivity index (χ3n) is 1.08. The summed E-state index contributed by atoms with van der Waals surface area (Å²) in [6.45, 7) is 1.90. The van der Waals surface area contributed by atoms with Crippen molar-refractivity contribution in [3.8, 4) is 5.95 Å². The second-order valence-corrected chi connectivity index (χ2v) is 2.04. The summed E-state index contributed by atoms with van der Waals surface area (Å²) in [6.07, 6.45) is 3.75. The summed E-state index contributed by atoms with van der Waals surface area (Å²) in [4.78, 5) is 14.4. The van der Waals surface area contributed by atoms with E-state index < -0.39 is 0 Å². The van der Waals surface area contributed by atoms with Crippen LogP contribution in [0, 0.1) is 0 Å². The Morgan fingerprint density at radius 2 is 2.64 bits per heavy atom. The minimum absolute atomic E-state index is 0.156. The topological polar surface area (TPSA) is 52.3 Å². The number of hydrogen-bond acceptors (Lipinski definition) is 4. The molecule has 1 aromatic rings. The van der Waals surface area contributed by atoms with Gasteiger partial charge in [-0.3, -0.25) is 4.79 Å². The molecule has 0 saturated heterocycles. The highest BCUT2D eigenvalue weighted by Crippen LogP contribution is 2.08. The van der Waals surface area contributed by atoms with E-state index in [4.69, 9.17) is 9.15 Å². The zero-order chi connectivity index (χ0) is 8.10. The largest absolute Gasteiger partial charge is 0.413 e. The maximum absolute atomic E-state index is 10.8. The number of esters is 1. The minimum atomic E-state index is -0.288. The van der Waals surface area contributed by atoms with E-state index in [0.717, 1.165) is 6.42 Å². The Bertz CT molecular complexity index is 218. The lowest BCUT2D eigenvalue weighted by Gasteiger charge is -1.95. The van der Waals surface area contributed by atoms with Crippen LogP contribution in [-0.4, -0.2) is 11.0 Å². The fraction of sp³-hybridized carbons (Fsp3) is 0.429. The number of nitrogens with zero attached hydrogens (tertiary/aromatic N) is 1. The lowest BCUT2D eigenvalue weighted by molar-refractivity contribution is -0.135. The number of carbonyl (C=O) groups excluding carboxylic acids is 1. The molecule has 0 radical (unpaired) electrons. The Balaban J connectivity index is 2.37. The Kier molecular flexibility index (Phi) is 2.66. The molecule has 0 amide bonds. The Morgan fingerprint density at radius 1 is 1.82 bits per heavy atom. The molecule has 1 heterocycles. The zero-order valence-corrected chi connectivity index (χ0v) is 6.24. The van der Waals surface area contributed by atoms with Crippen molar-refractivity contribution >= 4 is 5.97 Å². The Morgan fingerprint density at radius 3 is 3.18 bits per heavy atom. The summed E-state index contributed by atoms with van der Waals surface area (Å²) in [7, 11) is 0. The monoisotopic (exact) mass is 155 g/mol. The number of rotatable bonds is 3. The van der Waals surface area contributed by atoms with Gasteiger partial charge in [0.1, 0.15) is 6.20 Å². The van der Waals surface area contributed by atoms with Gasteiger partial charge >= 0.3 is 11.9 Å². The van der Waals surface area contributed by atoms with Gasteiger partial charge in [-0.1, -0.05) is 6.92 Å². The van der Waals surface area contributed by atoms with Gasteiger partial charge in [-0.2, -0.15) is 0 Å². The zero-order valence-electron chi connectivity index (χ0n) is 6.24. The van der Waals surface area contributed by atoms with Crippen molar-refractivity contribution in [2.24, 2.45) is 0 Å². The first kappa shape index (κ1) is 7.78. The van der Waals surface area contributed by atoms with Crippen LogP contribution in [0.4, 0.5) is 0 Å². The summed E-state index contributed by atoms with van der Waals surface area (Å²) in [6, 6.07) is 0. The van der Waals surface area contributed by atoms with E-state index in [9.17, 15) is 4.79 Å². The van der Waals surface area contributed by atoms with E-state index in [1.165, 1.54) is 12.6 Å². The predicted molar refractivity (Wildman–Crippen MR) is 37.0 cm³/mol. The van der Waals surface area contributed by atoms with Gasteiger partial charge in [-0.25, -0.2) is 4.98 Å². The second kappa shape index (κ2) is 3.75. The molecule has 0 N–H and O–H groups in total. The molecule has 11 heavy (non-hydrogen) atoms. The van der Waals surface area contributed by atoms with Crippen LogP contribution in [0.2, 0.25) is 0 Å². The van der Waals surface area contributed by atoms with Gasteiger partial charge in [0.25, 0.3) is 0 Å². The highest BCUT2D eigenvalue weighted by molar-refractivity contribution is 5.71. The molecule has 0 aliphatic carbocycles. The lowest BCUT2D eigenvalue weighted by Crippen LogP contribution is -2.05. The summed E-state index contributed by atoms with van der Waals surface area (Å²) in [5.41, 5.74) is 0. The molecule has 60 valence electrons. The Labute approximate surface area is 64.2 Å². The van der Waals surface area contributed by atoms with Crippen LogP contribution in [0.1, 0.15) is 19.8 Å². The summed E-state index contributed by atoms with van der Waals surface area (Å²) in [5, 5.41) is 0. The van der Waals surface area contributed by atoms with Gasteiger partial charge in [0.15, 0.2) is 6.39 Å². The van der Waals surface area contributed by atoms with E-state index in [0.29, 0.717) is 6.42 Å².